The molecule has 0 radical (unpaired) electrons. The van der Waals surface area contributed by atoms with E-state index in [9.17, 15) is 5.11 Å². The van der Waals surface area contributed by atoms with Crippen LogP contribution in [0.1, 0.15) is 22.3 Å². The van der Waals surface area contributed by atoms with Gasteiger partial charge in [0.1, 0.15) is 12.2 Å². The van der Waals surface area contributed by atoms with Gasteiger partial charge in [0.25, 0.3) is 0 Å². The second kappa shape index (κ2) is 14.2. The molecule has 5 heteroatoms. The van der Waals surface area contributed by atoms with Crippen molar-refractivity contribution in [2.45, 2.75) is 50.7 Å². The summed E-state index contributed by atoms with van der Waals surface area (Å²) in [6.07, 6.45) is -1.000. The van der Waals surface area contributed by atoms with Crippen molar-refractivity contribution in [2.24, 2.45) is 0 Å². The lowest BCUT2D eigenvalue weighted by molar-refractivity contribution is -0.209. The van der Waals surface area contributed by atoms with Crippen LogP contribution in [-0.2, 0) is 40.6 Å². The molecule has 1 heterocycles. The lowest BCUT2D eigenvalue weighted by atomic mass is 9.92. The Bertz CT molecular complexity index is 1220. The zero-order valence-corrected chi connectivity index (χ0v) is 22.2. The quantitative estimate of drug-likeness (QED) is 0.261. The van der Waals surface area contributed by atoms with Crippen LogP contribution in [0.5, 0.6) is 0 Å². The Kier molecular flexibility index (Phi) is 9.91. The van der Waals surface area contributed by atoms with Crippen LogP contribution in [0.2, 0.25) is 0 Å². The summed E-state index contributed by atoms with van der Waals surface area (Å²) in [6, 6.07) is 40.6. The van der Waals surface area contributed by atoms with E-state index in [2.05, 4.69) is 53.4 Å². The van der Waals surface area contributed by atoms with E-state index in [1.807, 2.05) is 72.8 Å². The molecule has 0 aromatic heterocycles. The maximum Gasteiger partial charge on any atom is 0.113 e. The molecule has 0 amide bonds. The second-order valence-electron chi connectivity index (χ2n) is 10.0. The van der Waals surface area contributed by atoms with Gasteiger partial charge in [-0.05, 0) is 22.3 Å². The molecule has 5 rings (SSSR count). The molecule has 1 aliphatic heterocycles. The molecular weight excluding hydrogens is 486 g/mol. The Balaban J connectivity index is 1.42. The van der Waals surface area contributed by atoms with Crippen molar-refractivity contribution >= 4 is 0 Å². The predicted octanol–water partition coefficient (Wildman–Crippen LogP) is 5.62. The molecule has 0 bridgehead atoms. The van der Waals surface area contributed by atoms with Gasteiger partial charge in [0, 0.05) is 13.1 Å². The van der Waals surface area contributed by atoms with Gasteiger partial charge in [-0.3, -0.25) is 4.90 Å². The highest BCUT2D eigenvalue weighted by Crippen LogP contribution is 2.29. The molecule has 1 N–H and O–H groups in total. The normalized spacial score (nSPS) is 21.6. The number of hydrogen-bond acceptors (Lipinski definition) is 5. The van der Waals surface area contributed by atoms with Crippen molar-refractivity contribution < 1.29 is 19.3 Å². The summed E-state index contributed by atoms with van der Waals surface area (Å²) >= 11 is 0. The number of piperidine rings is 1. The van der Waals surface area contributed by atoms with E-state index in [1.54, 1.807) is 0 Å². The first kappa shape index (κ1) is 27.3. The first-order valence-electron chi connectivity index (χ1n) is 13.7. The van der Waals surface area contributed by atoms with Crippen LogP contribution in [0.3, 0.4) is 0 Å². The summed E-state index contributed by atoms with van der Waals surface area (Å²) in [6.45, 7) is 2.62. The third kappa shape index (κ3) is 7.63. The average Bonchev–Trinajstić information content (AvgIpc) is 3.00. The van der Waals surface area contributed by atoms with Gasteiger partial charge in [-0.25, -0.2) is 0 Å². The van der Waals surface area contributed by atoms with E-state index >= 15 is 0 Å². The van der Waals surface area contributed by atoms with Gasteiger partial charge < -0.3 is 19.3 Å². The number of aliphatic hydroxyl groups excluding tert-OH is 1. The summed E-state index contributed by atoms with van der Waals surface area (Å²) < 4.78 is 19.8. The van der Waals surface area contributed by atoms with E-state index in [1.165, 1.54) is 5.56 Å². The van der Waals surface area contributed by atoms with Crippen molar-refractivity contribution in [3.8, 4) is 0 Å². The number of aliphatic hydroxyl groups is 1. The monoisotopic (exact) mass is 523 g/mol. The topological polar surface area (TPSA) is 51.2 Å². The molecule has 1 saturated heterocycles. The van der Waals surface area contributed by atoms with Crippen molar-refractivity contribution in [1.29, 1.82) is 0 Å². The highest BCUT2D eigenvalue weighted by molar-refractivity contribution is 5.17. The number of hydrogen-bond donors (Lipinski definition) is 1. The summed E-state index contributed by atoms with van der Waals surface area (Å²) in [4.78, 5) is 2.28. The Morgan fingerprint density at radius 3 is 1.41 bits per heavy atom. The van der Waals surface area contributed by atoms with E-state index < -0.39 is 6.10 Å². The zero-order chi connectivity index (χ0) is 26.7. The van der Waals surface area contributed by atoms with E-state index in [-0.39, 0.29) is 24.9 Å². The number of benzene rings is 4. The maximum absolute atomic E-state index is 10.7. The molecule has 5 nitrogen and oxygen atoms in total. The zero-order valence-electron chi connectivity index (χ0n) is 22.2. The smallest absolute Gasteiger partial charge is 0.113 e. The summed E-state index contributed by atoms with van der Waals surface area (Å²) in [7, 11) is 0. The van der Waals surface area contributed by atoms with Crippen molar-refractivity contribution in [3.05, 3.63) is 144 Å². The molecule has 0 saturated carbocycles. The largest absolute Gasteiger partial charge is 0.395 e. The first-order valence-corrected chi connectivity index (χ1v) is 13.7. The fraction of sp³-hybridized carbons (Fsp3) is 0.294. The molecule has 4 atom stereocenters. The Hall–Kier alpha value is -3.32. The molecule has 202 valence electrons. The third-order valence-electron chi connectivity index (χ3n) is 7.25. The van der Waals surface area contributed by atoms with Gasteiger partial charge in [-0.1, -0.05) is 121 Å². The van der Waals surface area contributed by atoms with Crippen LogP contribution in [0.4, 0.5) is 0 Å². The summed E-state index contributed by atoms with van der Waals surface area (Å²) in [5.74, 6) is 0. The standard InChI is InChI=1S/C34H37NO4/c36-23-31-33(38-25-29-17-9-3-10-18-29)34(39-26-30-19-11-4-12-20-30)32(37-24-28-15-7-2-8-16-28)22-35(31)21-27-13-5-1-6-14-27/h1-20,31-34,36H,21-26H2/t31-,32-,33+,34+/m0/s1. The van der Waals surface area contributed by atoms with Crippen LogP contribution in [-0.4, -0.2) is 47.5 Å². The lowest BCUT2D eigenvalue weighted by Crippen LogP contribution is -2.64. The maximum atomic E-state index is 10.7. The minimum absolute atomic E-state index is 0.0388. The summed E-state index contributed by atoms with van der Waals surface area (Å²) in [5.41, 5.74) is 4.47. The molecular formula is C34H37NO4. The van der Waals surface area contributed by atoms with Crippen molar-refractivity contribution in [3.63, 3.8) is 0 Å². The highest BCUT2D eigenvalue weighted by Gasteiger charge is 2.45. The molecule has 4 aromatic carbocycles. The summed E-state index contributed by atoms with van der Waals surface area (Å²) in [5, 5.41) is 10.7. The number of nitrogens with zero attached hydrogens (tertiary/aromatic N) is 1. The number of rotatable bonds is 12. The van der Waals surface area contributed by atoms with Gasteiger partial charge in [0.2, 0.25) is 0 Å². The van der Waals surface area contributed by atoms with Gasteiger partial charge >= 0.3 is 0 Å². The Morgan fingerprint density at radius 2 is 0.949 bits per heavy atom. The minimum atomic E-state index is -0.392. The van der Waals surface area contributed by atoms with Gasteiger partial charge in [0.15, 0.2) is 0 Å². The molecule has 0 aliphatic carbocycles. The molecule has 0 unspecified atom stereocenters. The van der Waals surface area contributed by atoms with Crippen molar-refractivity contribution in [1.82, 2.24) is 4.90 Å². The molecule has 0 spiro atoms. The van der Waals surface area contributed by atoms with Gasteiger partial charge in [-0.15, -0.1) is 0 Å². The van der Waals surface area contributed by atoms with Crippen LogP contribution in [0, 0.1) is 0 Å². The van der Waals surface area contributed by atoms with Crippen LogP contribution in [0.25, 0.3) is 0 Å². The SMILES string of the molecule is OC[C@H]1[C@@H](OCc2ccccc2)[C@H](OCc2ccccc2)[C@@H](OCc2ccccc2)CN1Cc1ccccc1. The second-order valence-corrected chi connectivity index (χ2v) is 10.0. The van der Waals surface area contributed by atoms with E-state index in [0.29, 0.717) is 32.9 Å². The third-order valence-corrected chi connectivity index (χ3v) is 7.25. The highest BCUT2D eigenvalue weighted by atomic mass is 16.6. The average molecular weight is 524 g/mol. The lowest BCUT2D eigenvalue weighted by Gasteiger charge is -2.48. The first-order chi connectivity index (χ1) is 19.3. The van der Waals surface area contributed by atoms with Gasteiger partial charge in [-0.2, -0.15) is 0 Å². The van der Waals surface area contributed by atoms with Crippen LogP contribution in [0.15, 0.2) is 121 Å². The van der Waals surface area contributed by atoms with Crippen LogP contribution >= 0.6 is 0 Å². The van der Waals surface area contributed by atoms with Gasteiger partial charge in [0.05, 0.1) is 38.6 Å². The van der Waals surface area contributed by atoms with E-state index in [4.69, 9.17) is 14.2 Å². The fourth-order valence-corrected chi connectivity index (χ4v) is 5.19. The Morgan fingerprint density at radius 1 is 0.538 bits per heavy atom. The van der Waals surface area contributed by atoms with Crippen LogP contribution < -0.4 is 0 Å². The molecule has 4 aromatic rings. The molecule has 1 aliphatic rings. The predicted molar refractivity (Wildman–Crippen MR) is 153 cm³/mol. The number of likely N-dealkylation sites (tertiary alicyclic amines) is 1. The molecule has 39 heavy (non-hydrogen) atoms. The Labute approximate surface area is 231 Å². The number of ether oxygens (including phenoxy) is 3. The van der Waals surface area contributed by atoms with Crippen molar-refractivity contribution in [2.75, 3.05) is 13.2 Å². The van der Waals surface area contributed by atoms with E-state index in [0.717, 1.165) is 16.7 Å². The fourth-order valence-electron chi connectivity index (χ4n) is 5.19. The minimum Gasteiger partial charge on any atom is -0.395 e. The molecule has 1 fully saturated rings.